The second kappa shape index (κ2) is 13.4. The minimum absolute atomic E-state index is 0.0795. The molecule has 0 fully saturated rings. The Bertz CT molecular complexity index is 650. The fourth-order valence-electron chi connectivity index (χ4n) is 2.41. The topological polar surface area (TPSA) is 40.0 Å². The van der Waals surface area contributed by atoms with Gasteiger partial charge in [-0.05, 0) is 45.1 Å². The lowest BCUT2D eigenvalue weighted by atomic mass is 10.1. The Labute approximate surface area is 187 Å². The summed E-state index contributed by atoms with van der Waals surface area (Å²) < 4.78 is 11.5. The van der Waals surface area contributed by atoms with E-state index in [0.717, 1.165) is 25.0 Å². The molecular weight excluding hydrogens is 444 g/mol. The molecular formula is C20H27Cl4NO3. The highest BCUT2D eigenvalue weighted by Gasteiger charge is 2.14. The predicted molar refractivity (Wildman–Crippen MR) is 120 cm³/mol. The molecule has 0 saturated carbocycles. The monoisotopic (exact) mass is 469 g/mol. The molecule has 8 heteroatoms. The summed E-state index contributed by atoms with van der Waals surface area (Å²) in [5, 5.41) is 4.87. The molecule has 1 aromatic rings. The molecule has 0 radical (unpaired) electrons. The molecule has 28 heavy (non-hydrogen) atoms. The lowest BCUT2D eigenvalue weighted by Gasteiger charge is -2.17. The van der Waals surface area contributed by atoms with Gasteiger partial charge in [0.05, 0.1) is 21.9 Å². The van der Waals surface area contributed by atoms with Crippen LogP contribution in [-0.2, 0) is 4.84 Å². The average molecular weight is 471 g/mol. The Morgan fingerprint density at radius 1 is 1.14 bits per heavy atom. The van der Waals surface area contributed by atoms with Crippen molar-refractivity contribution in [2.24, 2.45) is 11.1 Å². The number of nitrogens with zero attached hydrogens (tertiary/aromatic N) is 1. The van der Waals surface area contributed by atoms with Crippen molar-refractivity contribution in [2.45, 2.75) is 53.1 Å². The van der Waals surface area contributed by atoms with Crippen molar-refractivity contribution in [2.75, 3.05) is 13.2 Å². The van der Waals surface area contributed by atoms with E-state index in [4.69, 9.17) is 60.7 Å². The van der Waals surface area contributed by atoms with Gasteiger partial charge in [-0.25, -0.2) is 0 Å². The number of rotatable bonds is 12. The zero-order valence-electron chi connectivity index (χ0n) is 16.6. The van der Waals surface area contributed by atoms with Crippen LogP contribution in [0.5, 0.6) is 11.5 Å². The van der Waals surface area contributed by atoms with E-state index in [9.17, 15) is 0 Å². The first-order valence-electron chi connectivity index (χ1n) is 9.14. The Hall–Kier alpha value is -0.810. The van der Waals surface area contributed by atoms with Crippen LogP contribution in [0.2, 0.25) is 10.0 Å². The summed E-state index contributed by atoms with van der Waals surface area (Å²) in [6, 6.07) is 3.28. The van der Waals surface area contributed by atoms with Crippen LogP contribution in [0.25, 0.3) is 0 Å². The minimum Gasteiger partial charge on any atom is -0.489 e. The fourth-order valence-corrected chi connectivity index (χ4v) is 3.09. The number of benzene rings is 1. The molecule has 1 rings (SSSR count). The standard InChI is InChI=1S/C20H27Cl4NO3/c1-13(2)10-14(3)25-27-8-5-6-15(4)28-20-17(21)11-16(12-18(20)22)26-9-7-19(23)24/h7,11-13,15H,5-6,8-10H2,1-4H3. The second-order valence-electron chi connectivity index (χ2n) is 6.85. The van der Waals surface area contributed by atoms with Crippen molar-refractivity contribution in [1.29, 1.82) is 0 Å². The lowest BCUT2D eigenvalue weighted by Crippen LogP contribution is -2.13. The first-order chi connectivity index (χ1) is 13.2. The Morgan fingerprint density at radius 2 is 1.79 bits per heavy atom. The van der Waals surface area contributed by atoms with Crippen LogP contribution in [0.1, 0.15) is 47.0 Å². The van der Waals surface area contributed by atoms with Gasteiger partial charge in [-0.3, -0.25) is 0 Å². The highest BCUT2D eigenvalue weighted by molar-refractivity contribution is 6.55. The summed E-state index contributed by atoms with van der Waals surface area (Å²) in [7, 11) is 0. The van der Waals surface area contributed by atoms with E-state index >= 15 is 0 Å². The van der Waals surface area contributed by atoms with Crippen molar-refractivity contribution in [1.82, 2.24) is 0 Å². The van der Waals surface area contributed by atoms with Crippen molar-refractivity contribution in [3.8, 4) is 11.5 Å². The maximum atomic E-state index is 6.28. The van der Waals surface area contributed by atoms with Crippen LogP contribution >= 0.6 is 46.4 Å². The lowest BCUT2D eigenvalue weighted by molar-refractivity contribution is 0.123. The zero-order valence-corrected chi connectivity index (χ0v) is 19.6. The SMILES string of the molecule is CC(CC(C)C)=NOCCCC(C)Oc1c(Cl)cc(OCC=C(Cl)Cl)cc1Cl. The number of halogens is 4. The highest BCUT2D eigenvalue weighted by Crippen LogP contribution is 2.37. The van der Waals surface area contributed by atoms with Gasteiger partial charge in [-0.1, -0.05) is 65.4 Å². The first-order valence-corrected chi connectivity index (χ1v) is 10.6. The largest absolute Gasteiger partial charge is 0.489 e. The Morgan fingerprint density at radius 3 is 2.36 bits per heavy atom. The molecule has 0 heterocycles. The average Bonchev–Trinajstić information content (AvgIpc) is 2.57. The Kier molecular flexibility index (Phi) is 12.1. The molecule has 1 atom stereocenters. The summed E-state index contributed by atoms with van der Waals surface area (Å²) in [5.74, 6) is 1.51. The van der Waals surface area contributed by atoms with E-state index in [2.05, 4.69) is 19.0 Å². The number of hydrogen-bond donors (Lipinski definition) is 0. The van der Waals surface area contributed by atoms with Gasteiger partial charge in [-0.2, -0.15) is 0 Å². The maximum absolute atomic E-state index is 6.28. The zero-order chi connectivity index (χ0) is 21.1. The molecule has 0 aliphatic carbocycles. The molecule has 0 N–H and O–H groups in total. The normalized spacial score (nSPS) is 12.7. The predicted octanol–water partition coefficient (Wildman–Crippen LogP) is 7.68. The number of ether oxygens (including phenoxy) is 2. The summed E-state index contributed by atoms with van der Waals surface area (Å²) in [4.78, 5) is 5.35. The fraction of sp³-hybridized carbons (Fsp3) is 0.550. The van der Waals surface area contributed by atoms with Gasteiger partial charge in [-0.15, -0.1) is 0 Å². The quantitative estimate of drug-likeness (QED) is 0.178. The van der Waals surface area contributed by atoms with Crippen molar-refractivity contribution in [3.05, 3.63) is 32.7 Å². The van der Waals surface area contributed by atoms with Gasteiger partial charge in [0.1, 0.15) is 23.5 Å². The molecule has 158 valence electrons. The van der Waals surface area contributed by atoms with Crippen LogP contribution in [0.15, 0.2) is 27.9 Å². The number of hydrogen-bond acceptors (Lipinski definition) is 4. The third kappa shape index (κ3) is 10.7. The van der Waals surface area contributed by atoms with Gasteiger partial charge in [0, 0.05) is 12.1 Å². The van der Waals surface area contributed by atoms with Crippen molar-refractivity contribution in [3.63, 3.8) is 0 Å². The third-order valence-corrected chi connectivity index (χ3v) is 4.42. The van der Waals surface area contributed by atoms with E-state index in [1.807, 2.05) is 13.8 Å². The van der Waals surface area contributed by atoms with Crippen LogP contribution < -0.4 is 9.47 Å². The van der Waals surface area contributed by atoms with Crippen LogP contribution in [0.4, 0.5) is 0 Å². The van der Waals surface area contributed by atoms with E-state index in [-0.39, 0.29) is 17.2 Å². The summed E-state index contributed by atoms with van der Waals surface area (Å²) in [6.07, 6.45) is 3.97. The third-order valence-electron chi connectivity index (χ3n) is 3.55. The second-order valence-corrected chi connectivity index (χ2v) is 8.67. The molecule has 0 amide bonds. The van der Waals surface area contributed by atoms with Gasteiger partial charge in [0.25, 0.3) is 0 Å². The van der Waals surface area contributed by atoms with Gasteiger partial charge in [0.15, 0.2) is 5.75 Å². The summed E-state index contributed by atoms with van der Waals surface area (Å²) in [5.41, 5.74) is 1.00. The maximum Gasteiger partial charge on any atom is 0.157 e. The molecule has 1 aromatic carbocycles. The molecule has 0 saturated heterocycles. The van der Waals surface area contributed by atoms with Gasteiger partial charge in [0.2, 0.25) is 0 Å². The van der Waals surface area contributed by atoms with Gasteiger partial charge >= 0.3 is 0 Å². The molecule has 0 aliphatic heterocycles. The number of oxime groups is 1. The summed E-state index contributed by atoms with van der Waals surface area (Å²) >= 11 is 23.6. The van der Waals surface area contributed by atoms with E-state index < -0.39 is 0 Å². The molecule has 4 nitrogen and oxygen atoms in total. The minimum atomic E-state index is -0.0795. The molecule has 0 spiro atoms. The van der Waals surface area contributed by atoms with Crippen LogP contribution in [0, 0.1) is 5.92 Å². The van der Waals surface area contributed by atoms with Crippen molar-refractivity contribution >= 4 is 52.1 Å². The Balaban J connectivity index is 2.46. The van der Waals surface area contributed by atoms with E-state index in [1.165, 1.54) is 6.08 Å². The van der Waals surface area contributed by atoms with Crippen molar-refractivity contribution < 1.29 is 14.3 Å². The molecule has 0 aromatic heterocycles. The van der Waals surface area contributed by atoms with Crippen LogP contribution in [0.3, 0.4) is 0 Å². The molecule has 0 bridgehead atoms. The van der Waals surface area contributed by atoms with E-state index in [0.29, 0.717) is 34.1 Å². The van der Waals surface area contributed by atoms with E-state index in [1.54, 1.807) is 12.1 Å². The first kappa shape index (κ1) is 25.2. The van der Waals surface area contributed by atoms with Crippen LogP contribution in [-0.4, -0.2) is 25.0 Å². The molecule has 1 unspecified atom stereocenters. The van der Waals surface area contributed by atoms with Gasteiger partial charge < -0.3 is 14.3 Å². The smallest absolute Gasteiger partial charge is 0.157 e. The molecule has 0 aliphatic rings. The summed E-state index contributed by atoms with van der Waals surface area (Å²) in [6.45, 7) is 8.99. The highest BCUT2D eigenvalue weighted by atomic mass is 35.5.